The molecule has 0 saturated heterocycles. The lowest BCUT2D eigenvalue weighted by Gasteiger charge is -2.15. The summed E-state index contributed by atoms with van der Waals surface area (Å²) in [6.45, 7) is 5.88. The Hall–Kier alpha value is -2.02. The zero-order valence-electron chi connectivity index (χ0n) is 12.3. The molecule has 0 bridgehead atoms. The molecule has 0 unspecified atom stereocenters. The maximum absolute atomic E-state index is 12.3. The number of aryl methyl sites for hydroxylation is 2. The lowest BCUT2D eigenvalue weighted by molar-refractivity contribution is -0.115. The van der Waals surface area contributed by atoms with E-state index in [1.165, 1.54) is 22.8 Å². The summed E-state index contributed by atoms with van der Waals surface area (Å²) in [7, 11) is 0. The Morgan fingerprint density at radius 1 is 1.52 bits per heavy atom. The van der Waals surface area contributed by atoms with Gasteiger partial charge in [-0.3, -0.25) is 4.79 Å². The summed E-state index contributed by atoms with van der Waals surface area (Å²) < 4.78 is 1.31. The van der Waals surface area contributed by atoms with Crippen LogP contribution in [0.5, 0.6) is 0 Å². The average molecular weight is 305 g/mol. The number of rotatable bonds is 5. The Balaban J connectivity index is 2.09. The first kappa shape index (κ1) is 15.4. The number of amides is 1. The summed E-state index contributed by atoms with van der Waals surface area (Å²) in [5, 5.41) is 10.8. The highest BCUT2D eigenvalue weighted by Gasteiger charge is 2.19. The summed E-state index contributed by atoms with van der Waals surface area (Å²) >= 11 is 1.28. The van der Waals surface area contributed by atoms with E-state index in [1.54, 1.807) is 0 Å². The average Bonchev–Trinajstić information content (AvgIpc) is 2.86. The van der Waals surface area contributed by atoms with Gasteiger partial charge in [0.05, 0.1) is 5.25 Å². The third kappa shape index (κ3) is 3.55. The highest BCUT2D eigenvalue weighted by atomic mass is 32.2. The number of hydrogen-bond donors (Lipinski definition) is 2. The van der Waals surface area contributed by atoms with E-state index in [0.29, 0.717) is 5.16 Å². The maximum Gasteiger partial charge on any atom is 0.237 e. The lowest BCUT2D eigenvalue weighted by atomic mass is 10.1. The molecule has 1 amide bonds. The minimum absolute atomic E-state index is 0.0769. The van der Waals surface area contributed by atoms with Gasteiger partial charge in [-0.15, -0.1) is 10.2 Å². The maximum atomic E-state index is 12.3. The van der Waals surface area contributed by atoms with Crippen LogP contribution < -0.4 is 11.2 Å². The van der Waals surface area contributed by atoms with Crippen molar-refractivity contribution in [3.05, 3.63) is 35.7 Å². The Kier molecular flexibility index (Phi) is 4.85. The molecule has 1 atom stereocenters. The third-order valence-corrected chi connectivity index (χ3v) is 4.25. The van der Waals surface area contributed by atoms with Crippen molar-refractivity contribution in [2.24, 2.45) is 0 Å². The molecule has 0 radical (unpaired) electrons. The normalized spacial score (nSPS) is 12.1. The van der Waals surface area contributed by atoms with E-state index in [-0.39, 0.29) is 11.2 Å². The van der Waals surface area contributed by atoms with Crippen LogP contribution in [0.25, 0.3) is 0 Å². The van der Waals surface area contributed by atoms with Crippen LogP contribution >= 0.6 is 11.8 Å². The van der Waals surface area contributed by atoms with E-state index in [4.69, 9.17) is 5.84 Å². The van der Waals surface area contributed by atoms with Crippen molar-refractivity contribution < 1.29 is 4.79 Å². The van der Waals surface area contributed by atoms with Gasteiger partial charge < -0.3 is 11.2 Å². The molecule has 0 aliphatic heterocycles. The molecule has 1 heterocycles. The molecule has 1 aromatic carbocycles. The molecule has 2 aromatic rings. The van der Waals surface area contributed by atoms with Crippen LogP contribution in [0.1, 0.15) is 25.0 Å². The van der Waals surface area contributed by atoms with Crippen molar-refractivity contribution in [2.75, 3.05) is 11.2 Å². The number of carbonyl (C=O) groups is 1. The fourth-order valence-corrected chi connectivity index (χ4v) is 2.70. The van der Waals surface area contributed by atoms with E-state index in [9.17, 15) is 4.79 Å². The quantitative estimate of drug-likeness (QED) is 0.651. The number of para-hydroxylation sites is 1. The van der Waals surface area contributed by atoms with Crippen LogP contribution in [0.4, 0.5) is 5.69 Å². The summed E-state index contributed by atoms with van der Waals surface area (Å²) in [5.74, 6) is 5.57. The zero-order chi connectivity index (χ0) is 15.4. The monoisotopic (exact) mass is 305 g/mol. The minimum Gasteiger partial charge on any atom is -0.336 e. The van der Waals surface area contributed by atoms with Gasteiger partial charge in [0, 0.05) is 5.69 Å². The SMILES string of the molecule is CCc1cccc(C)c1NC(=O)[C@H](C)Sc1nncn1N. The predicted molar refractivity (Wildman–Crippen MR) is 84.7 cm³/mol. The van der Waals surface area contributed by atoms with Crippen LogP contribution in [0, 0.1) is 6.92 Å². The van der Waals surface area contributed by atoms with Gasteiger partial charge >= 0.3 is 0 Å². The fraction of sp³-hybridized carbons (Fsp3) is 0.357. The van der Waals surface area contributed by atoms with Crippen molar-refractivity contribution in [3.8, 4) is 0 Å². The lowest BCUT2D eigenvalue weighted by Crippen LogP contribution is -2.24. The van der Waals surface area contributed by atoms with Crippen LogP contribution in [0.15, 0.2) is 29.7 Å². The minimum atomic E-state index is -0.319. The molecule has 112 valence electrons. The number of nitrogen functional groups attached to an aromatic ring is 1. The molecular weight excluding hydrogens is 286 g/mol. The second-order valence-electron chi connectivity index (χ2n) is 4.73. The van der Waals surface area contributed by atoms with Gasteiger partial charge in [0.15, 0.2) is 0 Å². The number of nitrogens with zero attached hydrogens (tertiary/aromatic N) is 3. The number of thioether (sulfide) groups is 1. The van der Waals surface area contributed by atoms with Crippen LogP contribution in [-0.2, 0) is 11.2 Å². The molecule has 2 rings (SSSR count). The predicted octanol–water partition coefficient (Wildman–Crippen LogP) is 1.98. The molecule has 0 aliphatic rings. The molecule has 21 heavy (non-hydrogen) atoms. The molecule has 0 saturated carbocycles. The molecule has 0 aliphatic carbocycles. The number of benzene rings is 1. The van der Waals surface area contributed by atoms with Gasteiger partial charge in [-0.2, -0.15) is 0 Å². The largest absolute Gasteiger partial charge is 0.336 e. The van der Waals surface area contributed by atoms with Crippen LogP contribution in [0.3, 0.4) is 0 Å². The number of hydrogen-bond acceptors (Lipinski definition) is 5. The summed E-state index contributed by atoms with van der Waals surface area (Å²) in [6, 6.07) is 6.01. The van der Waals surface area contributed by atoms with E-state index < -0.39 is 0 Å². The van der Waals surface area contributed by atoms with Gasteiger partial charge in [-0.1, -0.05) is 36.9 Å². The first-order chi connectivity index (χ1) is 10.0. The van der Waals surface area contributed by atoms with Gasteiger partial charge in [-0.25, -0.2) is 4.68 Å². The van der Waals surface area contributed by atoms with Crippen LogP contribution in [-0.4, -0.2) is 26.0 Å². The number of nitrogens with one attached hydrogen (secondary N) is 1. The Morgan fingerprint density at radius 2 is 2.29 bits per heavy atom. The standard InChI is InChI=1S/C14H19N5OS/c1-4-11-7-5-6-9(2)12(11)17-13(20)10(3)21-14-18-16-8-19(14)15/h5-8,10H,4,15H2,1-3H3,(H,17,20)/t10-/m0/s1. The number of anilines is 1. The topological polar surface area (TPSA) is 85.8 Å². The molecule has 0 spiro atoms. The second-order valence-corrected chi connectivity index (χ2v) is 6.04. The summed E-state index contributed by atoms with van der Waals surface area (Å²) in [5.41, 5.74) is 3.08. The fourth-order valence-electron chi connectivity index (χ4n) is 1.95. The van der Waals surface area contributed by atoms with E-state index >= 15 is 0 Å². The number of carbonyl (C=O) groups excluding carboxylic acids is 1. The third-order valence-electron chi connectivity index (χ3n) is 3.18. The molecular formula is C14H19N5OS. The highest BCUT2D eigenvalue weighted by Crippen LogP contribution is 2.24. The molecule has 6 nitrogen and oxygen atoms in total. The molecule has 0 fully saturated rings. The van der Waals surface area contributed by atoms with E-state index in [1.807, 2.05) is 32.0 Å². The second kappa shape index (κ2) is 6.62. The van der Waals surface area contributed by atoms with E-state index in [2.05, 4.69) is 22.4 Å². The first-order valence-corrected chi connectivity index (χ1v) is 7.62. The van der Waals surface area contributed by atoms with Gasteiger partial charge in [0.25, 0.3) is 0 Å². The molecule has 3 N–H and O–H groups in total. The Morgan fingerprint density at radius 3 is 2.90 bits per heavy atom. The smallest absolute Gasteiger partial charge is 0.237 e. The van der Waals surface area contributed by atoms with E-state index in [0.717, 1.165) is 23.2 Å². The molecule has 1 aromatic heterocycles. The summed E-state index contributed by atoms with van der Waals surface area (Å²) in [4.78, 5) is 12.3. The van der Waals surface area contributed by atoms with Crippen molar-refractivity contribution in [1.82, 2.24) is 14.9 Å². The first-order valence-electron chi connectivity index (χ1n) is 6.74. The zero-order valence-corrected chi connectivity index (χ0v) is 13.1. The van der Waals surface area contributed by atoms with Crippen molar-refractivity contribution in [1.29, 1.82) is 0 Å². The summed E-state index contributed by atoms with van der Waals surface area (Å²) in [6.07, 6.45) is 2.28. The highest BCUT2D eigenvalue weighted by molar-refractivity contribution is 8.00. The Bertz CT molecular complexity index is 640. The van der Waals surface area contributed by atoms with Gasteiger partial charge in [-0.05, 0) is 31.4 Å². The van der Waals surface area contributed by atoms with Crippen molar-refractivity contribution in [3.63, 3.8) is 0 Å². The van der Waals surface area contributed by atoms with Gasteiger partial charge in [0.1, 0.15) is 6.33 Å². The number of aromatic nitrogens is 3. The van der Waals surface area contributed by atoms with Gasteiger partial charge in [0.2, 0.25) is 11.1 Å². The number of nitrogens with two attached hydrogens (primary N) is 1. The van der Waals surface area contributed by atoms with Crippen molar-refractivity contribution >= 4 is 23.4 Å². The Labute approximate surface area is 128 Å². The van der Waals surface area contributed by atoms with Crippen molar-refractivity contribution in [2.45, 2.75) is 37.6 Å². The van der Waals surface area contributed by atoms with Crippen LogP contribution in [0.2, 0.25) is 0 Å². The molecule has 7 heteroatoms.